The molecule has 1 atom stereocenters. The van der Waals surface area contributed by atoms with Gasteiger partial charge in [0.2, 0.25) is 0 Å². The third-order valence-corrected chi connectivity index (χ3v) is 6.14. The van der Waals surface area contributed by atoms with Crippen LogP contribution < -0.4 is 19.6 Å². The molecule has 0 N–H and O–H groups in total. The first kappa shape index (κ1) is 21.0. The van der Waals surface area contributed by atoms with Gasteiger partial charge in [0.25, 0.3) is 5.56 Å². The predicted octanol–water partition coefficient (Wildman–Crippen LogP) is 2.47. The molecule has 1 aromatic carbocycles. The molecule has 9 heteroatoms. The Kier molecular flexibility index (Phi) is 5.75. The molecule has 4 rings (SSSR count). The van der Waals surface area contributed by atoms with E-state index in [0.717, 1.165) is 5.56 Å². The number of carbonyl (C=O) groups excluding carboxylic acids is 1. The summed E-state index contributed by atoms with van der Waals surface area (Å²) < 4.78 is 12.5. The largest absolute Gasteiger partial charge is 0.496 e. The van der Waals surface area contributed by atoms with Gasteiger partial charge < -0.3 is 9.47 Å². The van der Waals surface area contributed by atoms with Gasteiger partial charge in [-0.15, -0.1) is 0 Å². The average Bonchev–Trinajstić information content (AvgIpc) is 3.07. The van der Waals surface area contributed by atoms with E-state index in [1.165, 1.54) is 30.1 Å². The third kappa shape index (κ3) is 3.80. The summed E-state index contributed by atoms with van der Waals surface area (Å²) in [4.78, 5) is 35.2. The molecule has 0 saturated heterocycles. The number of hydrogen-bond donors (Lipinski definition) is 0. The highest BCUT2D eigenvalue weighted by Gasteiger charge is 2.35. The fourth-order valence-electron chi connectivity index (χ4n) is 3.52. The number of aromatic nitrogens is 2. The minimum atomic E-state index is -0.794. The highest BCUT2D eigenvalue weighted by atomic mass is 35.5. The van der Waals surface area contributed by atoms with Crippen LogP contribution in [-0.4, -0.2) is 29.7 Å². The van der Waals surface area contributed by atoms with E-state index >= 15 is 0 Å². The molecule has 0 unspecified atom stereocenters. The normalized spacial score (nSPS) is 16.0. The fourth-order valence-corrected chi connectivity index (χ4v) is 4.74. The number of pyridine rings is 1. The summed E-state index contributed by atoms with van der Waals surface area (Å²) in [6, 6.07) is 7.89. The van der Waals surface area contributed by atoms with Gasteiger partial charge in [-0.3, -0.25) is 14.3 Å². The molecule has 1 aliphatic heterocycles. The van der Waals surface area contributed by atoms with E-state index < -0.39 is 12.0 Å². The molecule has 3 heterocycles. The van der Waals surface area contributed by atoms with E-state index in [1.54, 1.807) is 55.7 Å². The number of rotatable bonds is 4. The van der Waals surface area contributed by atoms with Crippen LogP contribution >= 0.6 is 22.9 Å². The summed E-state index contributed by atoms with van der Waals surface area (Å²) in [6.07, 6.45) is 5.08. The number of esters is 1. The van der Waals surface area contributed by atoms with Gasteiger partial charge in [0.1, 0.15) is 11.8 Å². The lowest BCUT2D eigenvalue weighted by molar-refractivity contribution is -0.136. The Bertz CT molecular complexity index is 1380. The number of benzene rings is 1. The second kappa shape index (κ2) is 8.49. The van der Waals surface area contributed by atoms with Gasteiger partial charge in [-0.2, -0.15) is 0 Å². The molecular formula is C22H18ClN3O4S. The number of methoxy groups -OCH3 is 2. The molecule has 7 nitrogen and oxygen atoms in total. The van der Waals surface area contributed by atoms with E-state index in [9.17, 15) is 9.59 Å². The second-order valence-electron chi connectivity index (χ2n) is 6.74. The Balaban J connectivity index is 2.04. The van der Waals surface area contributed by atoms with Crippen molar-refractivity contribution in [3.05, 3.63) is 89.8 Å². The number of carbonyl (C=O) groups is 1. The van der Waals surface area contributed by atoms with Crippen molar-refractivity contribution in [2.75, 3.05) is 14.2 Å². The van der Waals surface area contributed by atoms with Crippen LogP contribution in [0, 0.1) is 0 Å². The fraction of sp³-hybridized carbons (Fsp3) is 0.182. The minimum absolute atomic E-state index is 0.255. The molecule has 0 amide bonds. The Hall–Kier alpha value is -3.23. The smallest absolute Gasteiger partial charge is 0.338 e. The molecule has 2 aromatic heterocycles. The van der Waals surface area contributed by atoms with Crippen molar-refractivity contribution in [1.29, 1.82) is 0 Å². The Morgan fingerprint density at radius 2 is 1.97 bits per heavy atom. The van der Waals surface area contributed by atoms with E-state index in [4.69, 9.17) is 21.1 Å². The van der Waals surface area contributed by atoms with Crippen LogP contribution in [0.2, 0.25) is 5.02 Å². The Morgan fingerprint density at radius 1 is 1.23 bits per heavy atom. The SMILES string of the molecule is COC(=O)C1=C(C)N=c2s/c(=C\c3ccncc3)c(=O)n2[C@H]1c1cc(Cl)ccc1OC. The lowest BCUT2D eigenvalue weighted by atomic mass is 9.95. The highest BCUT2D eigenvalue weighted by Crippen LogP contribution is 2.37. The van der Waals surface area contributed by atoms with Crippen LogP contribution in [-0.2, 0) is 9.53 Å². The third-order valence-electron chi connectivity index (χ3n) is 4.92. The lowest BCUT2D eigenvalue weighted by Gasteiger charge is -2.25. The monoisotopic (exact) mass is 455 g/mol. The topological polar surface area (TPSA) is 82.8 Å². The van der Waals surface area contributed by atoms with Crippen molar-refractivity contribution in [2.24, 2.45) is 4.99 Å². The van der Waals surface area contributed by atoms with Gasteiger partial charge in [0, 0.05) is 23.0 Å². The van der Waals surface area contributed by atoms with Crippen LogP contribution in [0.15, 0.2) is 63.8 Å². The average molecular weight is 456 g/mol. The maximum absolute atomic E-state index is 13.5. The molecule has 0 fully saturated rings. The number of allylic oxidation sites excluding steroid dienone is 1. The molecular weight excluding hydrogens is 438 g/mol. The van der Waals surface area contributed by atoms with E-state index in [-0.39, 0.29) is 11.1 Å². The quantitative estimate of drug-likeness (QED) is 0.564. The maximum atomic E-state index is 13.5. The number of halogens is 1. The Labute approximate surface area is 186 Å². The molecule has 0 spiro atoms. The van der Waals surface area contributed by atoms with Crippen molar-refractivity contribution in [1.82, 2.24) is 9.55 Å². The first-order valence-electron chi connectivity index (χ1n) is 9.29. The minimum Gasteiger partial charge on any atom is -0.496 e. The number of fused-ring (bicyclic) bond motifs is 1. The van der Waals surface area contributed by atoms with Crippen molar-refractivity contribution in [3.63, 3.8) is 0 Å². The summed E-state index contributed by atoms with van der Waals surface area (Å²) in [5.74, 6) is -0.0779. The molecule has 1 aliphatic rings. The van der Waals surface area contributed by atoms with Gasteiger partial charge in [-0.05, 0) is 48.9 Å². The summed E-state index contributed by atoms with van der Waals surface area (Å²) in [6.45, 7) is 1.72. The molecule has 0 aliphatic carbocycles. The summed E-state index contributed by atoms with van der Waals surface area (Å²) in [7, 11) is 2.82. The van der Waals surface area contributed by atoms with Crippen LogP contribution in [0.3, 0.4) is 0 Å². The van der Waals surface area contributed by atoms with Crippen molar-refractivity contribution in [2.45, 2.75) is 13.0 Å². The molecule has 0 radical (unpaired) electrons. The number of ether oxygens (including phenoxy) is 2. The maximum Gasteiger partial charge on any atom is 0.338 e. The van der Waals surface area contributed by atoms with Crippen molar-refractivity contribution >= 4 is 35.0 Å². The Morgan fingerprint density at radius 3 is 2.65 bits per heavy atom. The first-order valence-corrected chi connectivity index (χ1v) is 10.5. The second-order valence-corrected chi connectivity index (χ2v) is 8.19. The zero-order chi connectivity index (χ0) is 22.1. The van der Waals surface area contributed by atoms with Crippen LogP contribution in [0.4, 0.5) is 0 Å². The van der Waals surface area contributed by atoms with Crippen LogP contribution in [0.25, 0.3) is 6.08 Å². The van der Waals surface area contributed by atoms with Gasteiger partial charge in [-0.25, -0.2) is 9.79 Å². The van der Waals surface area contributed by atoms with E-state index in [2.05, 4.69) is 9.98 Å². The van der Waals surface area contributed by atoms with Crippen molar-refractivity contribution in [3.8, 4) is 5.75 Å². The van der Waals surface area contributed by atoms with Crippen LogP contribution in [0.1, 0.15) is 24.1 Å². The summed E-state index contributed by atoms with van der Waals surface area (Å²) >= 11 is 7.51. The van der Waals surface area contributed by atoms with Crippen LogP contribution in [0.5, 0.6) is 5.75 Å². The van der Waals surface area contributed by atoms with Gasteiger partial charge in [-0.1, -0.05) is 22.9 Å². The zero-order valence-corrected chi connectivity index (χ0v) is 18.5. The summed E-state index contributed by atoms with van der Waals surface area (Å²) in [5.41, 5.74) is 1.85. The molecule has 0 bridgehead atoms. The highest BCUT2D eigenvalue weighted by molar-refractivity contribution is 7.07. The predicted molar refractivity (Wildman–Crippen MR) is 118 cm³/mol. The molecule has 158 valence electrons. The number of nitrogens with zero attached hydrogens (tertiary/aromatic N) is 3. The zero-order valence-electron chi connectivity index (χ0n) is 17.0. The van der Waals surface area contributed by atoms with Crippen molar-refractivity contribution < 1.29 is 14.3 Å². The molecule has 0 saturated carbocycles. The van der Waals surface area contributed by atoms with Gasteiger partial charge >= 0.3 is 5.97 Å². The first-order chi connectivity index (χ1) is 14.9. The molecule has 3 aromatic rings. The van der Waals surface area contributed by atoms with E-state index in [1.807, 2.05) is 0 Å². The number of thiazole rings is 1. The van der Waals surface area contributed by atoms with Gasteiger partial charge in [0.05, 0.1) is 30.0 Å². The number of hydrogen-bond acceptors (Lipinski definition) is 7. The van der Waals surface area contributed by atoms with E-state index in [0.29, 0.717) is 31.4 Å². The lowest BCUT2D eigenvalue weighted by Crippen LogP contribution is -2.40. The summed E-state index contributed by atoms with van der Waals surface area (Å²) in [5, 5.41) is 0.452. The standard InChI is InChI=1S/C22H18ClN3O4S/c1-12-18(21(28)30-3)19(15-11-14(23)4-5-16(15)29-2)26-20(27)17(31-22(26)25-12)10-13-6-8-24-9-7-13/h4-11,19H,1-3H3/b17-10-/t19-/m0/s1. The molecule has 31 heavy (non-hydrogen) atoms. The van der Waals surface area contributed by atoms with Gasteiger partial charge in [0.15, 0.2) is 4.80 Å².